The van der Waals surface area contributed by atoms with Crippen molar-refractivity contribution in [2.24, 2.45) is 0 Å². The van der Waals surface area contributed by atoms with E-state index in [1.807, 2.05) is 0 Å². The molecule has 0 aromatic heterocycles. The molecule has 0 amide bonds. The van der Waals surface area contributed by atoms with E-state index in [1.165, 1.54) is 12.1 Å². The van der Waals surface area contributed by atoms with Crippen molar-refractivity contribution in [2.75, 3.05) is 12.3 Å². The number of rotatable bonds is 5. The van der Waals surface area contributed by atoms with Crippen LogP contribution in [-0.4, -0.2) is 24.8 Å². The highest BCUT2D eigenvalue weighted by molar-refractivity contribution is 5.50. The van der Waals surface area contributed by atoms with Crippen LogP contribution in [0.5, 0.6) is 11.5 Å². The summed E-state index contributed by atoms with van der Waals surface area (Å²) in [6, 6.07) is 3.75. The number of nitrogen functional groups attached to an aromatic ring is 1. The maximum atomic E-state index is 12.7. The summed E-state index contributed by atoms with van der Waals surface area (Å²) in [6.45, 7) is 1.63. The number of hydrogen-bond acceptors (Lipinski definition) is 3. The lowest BCUT2D eigenvalue weighted by molar-refractivity contribution is -0.290. The Labute approximate surface area is 112 Å². The molecule has 1 aromatic carbocycles. The van der Waals surface area contributed by atoms with E-state index >= 15 is 0 Å². The summed E-state index contributed by atoms with van der Waals surface area (Å²) >= 11 is 0. The van der Waals surface area contributed by atoms with Crippen molar-refractivity contribution in [1.29, 1.82) is 0 Å². The molecule has 0 heterocycles. The molecule has 0 unspecified atom stereocenters. The molecule has 20 heavy (non-hydrogen) atoms. The van der Waals surface area contributed by atoms with E-state index in [1.54, 1.807) is 13.8 Å². The Morgan fingerprint density at radius 1 is 1.05 bits per heavy atom. The van der Waals surface area contributed by atoms with Gasteiger partial charge in [-0.3, -0.25) is 0 Å². The predicted octanol–water partition coefficient (Wildman–Crippen LogP) is 3.63. The maximum absolute atomic E-state index is 12.7. The van der Waals surface area contributed by atoms with Gasteiger partial charge in [-0.05, 0) is 13.8 Å². The zero-order valence-electron chi connectivity index (χ0n) is 10.8. The highest BCUT2D eigenvalue weighted by Crippen LogP contribution is 2.36. The van der Waals surface area contributed by atoms with Crippen LogP contribution in [0.4, 0.5) is 27.6 Å². The van der Waals surface area contributed by atoms with Crippen molar-refractivity contribution < 1.29 is 31.4 Å². The van der Waals surface area contributed by atoms with Gasteiger partial charge in [0.2, 0.25) is 0 Å². The average molecular weight is 299 g/mol. The summed E-state index contributed by atoms with van der Waals surface area (Å²) in [7, 11) is 0. The van der Waals surface area contributed by atoms with Crippen LogP contribution >= 0.6 is 0 Å². The Bertz CT molecular complexity index is 460. The first-order chi connectivity index (χ1) is 9.01. The van der Waals surface area contributed by atoms with E-state index in [0.717, 1.165) is 6.07 Å². The lowest BCUT2D eigenvalue weighted by Gasteiger charge is -2.20. The van der Waals surface area contributed by atoms with Gasteiger partial charge >= 0.3 is 12.1 Å². The number of hydrogen-bond donors (Lipinski definition) is 1. The van der Waals surface area contributed by atoms with E-state index in [4.69, 9.17) is 10.5 Å². The second kappa shape index (κ2) is 5.72. The molecule has 0 saturated carbocycles. The monoisotopic (exact) mass is 299 g/mol. The predicted molar refractivity (Wildman–Crippen MR) is 63.1 cm³/mol. The van der Waals surface area contributed by atoms with Crippen molar-refractivity contribution in [2.45, 2.75) is 32.1 Å². The molecular formula is C12H14F5NO2. The molecular weight excluding hydrogens is 285 g/mol. The topological polar surface area (TPSA) is 44.5 Å². The second-order valence-electron chi connectivity index (χ2n) is 4.40. The lowest BCUT2D eigenvalue weighted by Crippen LogP contribution is -2.41. The Hall–Kier alpha value is -1.73. The smallest absolute Gasteiger partial charge is 0.456 e. The molecule has 3 nitrogen and oxygen atoms in total. The minimum absolute atomic E-state index is 0.133. The molecule has 0 bridgehead atoms. The third kappa shape index (κ3) is 4.43. The molecule has 0 atom stereocenters. The molecule has 1 aromatic rings. The van der Waals surface area contributed by atoms with E-state index in [2.05, 4.69) is 4.74 Å². The number of anilines is 1. The zero-order valence-corrected chi connectivity index (χ0v) is 10.8. The van der Waals surface area contributed by atoms with Gasteiger partial charge in [-0.15, -0.1) is 0 Å². The standard InChI is InChI=1S/C12H14F5NO2/c1-7(2)20-10-4-8(18)3-9(5-10)19-6-11(13,14)12(15,16)17/h3-5,7H,6,18H2,1-2H3. The van der Waals surface area contributed by atoms with Crippen LogP contribution in [0.15, 0.2) is 18.2 Å². The van der Waals surface area contributed by atoms with Crippen LogP contribution in [0.2, 0.25) is 0 Å². The minimum Gasteiger partial charge on any atom is -0.491 e. The van der Waals surface area contributed by atoms with Gasteiger partial charge in [-0.2, -0.15) is 22.0 Å². The van der Waals surface area contributed by atoms with Gasteiger partial charge in [0.05, 0.1) is 6.10 Å². The quantitative estimate of drug-likeness (QED) is 0.667. The molecule has 0 spiro atoms. The van der Waals surface area contributed by atoms with E-state index in [-0.39, 0.29) is 23.3 Å². The number of benzene rings is 1. The van der Waals surface area contributed by atoms with E-state index in [9.17, 15) is 22.0 Å². The van der Waals surface area contributed by atoms with Crippen molar-refractivity contribution >= 4 is 5.69 Å². The Morgan fingerprint density at radius 2 is 1.60 bits per heavy atom. The zero-order chi connectivity index (χ0) is 15.6. The first kappa shape index (κ1) is 16.3. The Kier molecular flexibility index (Phi) is 4.67. The first-order valence-corrected chi connectivity index (χ1v) is 5.66. The molecule has 0 aliphatic heterocycles. The van der Waals surface area contributed by atoms with Gasteiger partial charge in [0, 0.05) is 23.9 Å². The number of alkyl halides is 5. The van der Waals surface area contributed by atoms with Crippen molar-refractivity contribution in [3.63, 3.8) is 0 Å². The second-order valence-corrected chi connectivity index (χ2v) is 4.40. The summed E-state index contributed by atoms with van der Waals surface area (Å²) in [5.41, 5.74) is 5.62. The average Bonchev–Trinajstić information content (AvgIpc) is 2.23. The van der Waals surface area contributed by atoms with Gasteiger partial charge in [-0.25, -0.2) is 0 Å². The number of halogens is 5. The number of nitrogens with two attached hydrogens (primary N) is 1. The van der Waals surface area contributed by atoms with Crippen LogP contribution < -0.4 is 15.2 Å². The van der Waals surface area contributed by atoms with Gasteiger partial charge < -0.3 is 15.2 Å². The fourth-order valence-electron chi connectivity index (χ4n) is 1.27. The molecule has 0 aliphatic carbocycles. The van der Waals surface area contributed by atoms with Crippen LogP contribution in [0.1, 0.15) is 13.8 Å². The molecule has 0 aliphatic rings. The van der Waals surface area contributed by atoms with Gasteiger partial charge in [0.1, 0.15) is 11.5 Å². The summed E-state index contributed by atoms with van der Waals surface area (Å²) in [4.78, 5) is 0. The summed E-state index contributed by atoms with van der Waals surface area (Å²) in [5.74, 6) is -4.92. The van der Waals surface area contributed by atoms with Gasteiger partial charge in [0.25, 0.3) is 0 Å². The molecule has 0 saturated heterocycles. The van der Waals surface area contributed by atoms with Crippen molar-refractivity contribution in [3.05, 3.63) is 18.2 Å². The van der Waals surface area contributed by atoms with Gasteiger partial charge in [-0.1, -0.05) is 0 Å². The number of ether oxygens (including phenoxy) is 2. The lowest BCUT2D eigenvalue weighted by atomic mass is 10.2. The van der Waals surface area contributed by atoms with E-state index in [0.29, 0.717) is 0 Å². The highest BCUT2D eigenvalue weighted by Gasteiger charge is 2.58. The van der Waals surface area contributed by atoms with Crippen molar-refractivity contribution in [3.8, 4) is 11.5 Å². The maximum Gasteiger partial charge on any atom is 0.456 e. The molecule has 8 heteroatoms. The first-order valence-electron chi connectivity index (χ1n) is 5.66. The Balaban J connectivity index is 2.81. The van der Waals surface area contributed by atoms with Crippen LogP contribution in [0.3, 0.4) is 0 Å². The highest BCUT2D eigenvalue weighted by atomic mass is 19.4. The van der Waals surface area contributed by atoms with Gasteiger partial charge in [0.15, 0.2) is 6.61 Å². The Morgan fingerprint density at radius 3 is 2.10 bits per heavy atom. The molecule has 2 N–H and O–H groups in total. The van der Waals surface area contributed by atoms with Crippen molar-refractivity contribution in [1.82, 2.24) is 0 Å². The summed E-state index contributed by atoms with van der Waals surface area (Å²) in [6.07, 6.45) is -5.87. The molecule has 0 radical (unpaired) electrons. The van der Waals surface area contributed by atoms with Crippen LogP contribution in [-0.2, 0) is 0 Å². The summed E-state index contributed by atoms with van der Waals surface area (Å²) in [5, 5.41) is 0. The largest absolute Gasteiger partial charge is 0.491 e. The van der Waals surface area contributed by atoms with Crippen LogP contribution in [0.25, 0.3) is 0 Å². The minimum atomic E-state index is -5.66. The molecule has 0 fully saturated rings. The molecule has 114 valence electrons. The fraction of sp³-hybridized carbons (Fsp3) is 0.500. The third-order valence-electron chi connectivity index (χ3n) is 2.11. The van der Waals surface area contributed by atoms with E-state index < -0.39 is 18.7 Å². The SMILES string of the molecule is CC(C)Oc1cc(N)cc(OCC(F)(F)C(F)(F)F)c1. The third-order valence-corrected chi connectivity index (χ3v) is 2.11. The summed E-state index contributed by atoms with van der Waals surface area (Å²) < 4.78 is 71.1. The normalized spacial score (nSPS) is 12.6. The molecule has 1 rings (SSSR count). The fourth-order valence-corrected chi connectivity index (χ4v) is 1.27. The van der Waals surface area contributed by atoms with Crippen LogP contribution in [0, 0.1) is 0 Å².